The highest BCUT2D eigenvalue weighted by atomic mass is 32.2. The Morgan fingerprint density at radius 3 is 2.19 bits per heavy atom. The summed E-state index contributed by atoms with van der Waals surface area (Å²) in [6, 6.07) is 12.1. The maximum Gasteiger partial charge on any atom is 0.251 e. The minimum atomic E-state index is -3.65. The molecule has 0 fully saturated rings. The van der Waals surface area contributed by atoms with Crippen LogP contribution in [0, 0.1) is 6.92 Å². The average molecular weight is 396 g/mol. The zero-order valence-electron chi connectivity index (χ0n) is 14.4. The molecule has 0 radical (unpaired) electrons. The third-order valence-corrected chi connectivity index (χ3v) is 6.15. The van der Waals surface area contributed by atoms with Gasteiger partial charge in [0.15, 0.2) is 9.84 Å². The largest absolute Gasteiger partial charge is 0.351 e. The van der Waals surface area contributed by atoms with Gasteiger partial charge in [0.05, 0.1) is 9.79 Å². The van der Waals surface area contributed by atoms with Crippen LogP contribution in [-0.4, -0.2) is 42.1 Å². The van der Waals surface area contributed by atoms with Crippen LogP contribution in [0.2, 0.25) is 0 Å². The molecule has 0 spiro atoms. The topological polar surface area (TPSA) is 109 Å². The molecular formula is C17H20N2O5S2. The van der Waals surface area contributed by atoms with Crippen LogP contribution in [0.5, 0.6) is 0 Å². The highest BCUT2D eigenvalue weighted by Crippen LogP contribution is 2.11. The molecule has 0 heterocycles. The van der Waals surface area contributed by atoms with Crippen molar-refractivity contribution in [3.63, 3.8) is 0 Å². The summed E-state index contributed by atoms with van der Waals surface area (Å²) in [5.41, 5.74) is 1.14. The smallest absolute Gasteiger partial charge is 0.251 e. The van der Waals surface area contributed by atoms with Gasteiger partial charge in [0.2, 0.25) is 10.0 Å². The molecule has 0 aliphatic heterocycles. The zero-order valence-corrected chi connectivity index (χ0v) is 16.0. The first-order valence-electron chi connectivity index (χ1n) is 7.74. The molecule has 9 heteroatoms. The Labute approximate surface area is 153 Å². The summed E-state index contributed by atoms with van der Waals surface area (Å²) in [6.07, 6.45) is 1.06. The van der Waals surface area contributed by atoms with Crippen molar-refractivity contribution in [1.29, 1.82) is 0 Å². The molecule has 140 valence electrons. The predicted molar refractivity (Wildman–Crippen MR) is 98.3 cm³/mol. The summed E-state index contributed by atoms with van der Waals surface area (Å²) in [4.78, 5) is 12.3. The number of amides is 1. The molecular weight excluding hydrogens is 376 g/mol. The second kappa shape index (κ2) is 7.98. The summed E-state index contributed by atoms with van der Waals surface area (Å²) in [5, 5.41) is 2.55. The summed E-state index contributed by atoms with van der Waals surface area (Å²) in [7, 11) is -7.06. The molecule has 2 rings (SSSR count). The summed E-state index contributed by atoms with van der Waals surface area (Å²) in [6.45, 7) is 1.93. The first-order chi connectivity index (χ1) is 12.1. The summed E-state index contributed by atoms with van der Waals surface area (Å²) < 4.78 is 49.7. The molecule has 2 N–H and O–H groups in total. The standard InChI is InChI=1S/C17H20N2O5S2/c1-13-6-8-15(9-7-13)26(23,24)19-11-10-18-17(20)14-4-3-5-16(12-14)25(2,21)22/h3-9,12,19H,10-11H2,1-2H3,(H,18,20). The number of aryl methyl sites for hydroxylation is 1. The molecule has 0 aromatic heterocycles. The molecule has 0 bridgehead atoms. The molecule has 2 aromatic rings. The van der Waals surface area contributed by atoms with E-state index >= 15 is 0 Å². The van der Waals surface area contributed by atoms with Crippen LogP contribution in [0.3, 0.4) is 0 Å². The fraction of sp³-hybridized carbons (Fsp3) is 0.235. The van der Waals surface area contributed by atoms with Crippen molar-refractivity contribution in [3.05, 3.63) is 59.7 Å². The van der Waals surface area contributed by atoms with Crippen LogP contribution in [-0.2, 0) is 19.9 Å². The van der Waals surface area contributed by atoms with E-state index in [4.69, 9.17) is 0 Å². The van der Waals surface area contributed by atoms with Gasteiger partial charge in [-0.1, -0.05) is 23.8 Å². The van der Waals surface area contributed by atoms with Gasteiger partial charge in [0.25, 0.3) is 5.91 Å². The monoisotopic (exact) mass is 396 g/mol. The second-order valence-corrected chi connectivity index (χ2v) is 9.55. The highest BCUT2D eigenvalue weighted by molar-refractivity contribution is 7.90. The molecule has 0 aliphatic rings. The minimum absolute atomic E-state index is 0.00766. The van der Waals surface area contributed by atoms with Gasteiger partial charge in [-0.15, -0.1) is 0 Å². The fourth-order valence-electron chi connectivity index (χ4n) is 2.13. The van der Waals surface area contributed by atoms with E-state index in [1.54, 1.807) is 12.1 Å². The van der Waals surface area contributed by atoms with Gasteiger partial charge in [-0.2, -0.15) is 0 Å². The number of nitrogens with one attached hydrogen (secondary N) is 2. The molecule has 7 nitrogen and oxygen atoms in total. The number of hydrogen-bond acceptors (Lipinski definition) is 5. The van der Waals surface area contributed by atoms with E-state index < -0.39 is 25.8 Å². The normalized spacial score (nSPS) is 11.9. The van der Waals surface area contributed by atoms with E-state index in [0.717, 1.165) is 11.8 Å². The lowest BCUT2D eigenvalue weighted by Crippen LogP contribution is -2.34. The van der Waals surface area contributed by atoms with Crippen LogP contribution < -0.4 is 10.0 Å². The third kappa shape index (κ3) is 5.38. The molecule has 26 heavy (non-hydrogen) atoms. The Morgan fingerprint density at radius 1 is 0.923 bits per heavy atom. The van der Waals surface area contributed by atoms with E-state index in [9.17, 15) is 21.6 Å². The van der Waals surface area contributed by atoms with Crippen LogP contribution in [0.15, 0.2) is 58.3 Å². The van der Waals surface area contributed by atoms with Gasteiger partial charge >= 0.3 is 0 Å². The molecule has 0 unspecified atom stereocenters. The second-order valence-electron chi connectivity index (χ2n) is 5.77. The van der Waals surface area contributed by atoms with Crippen molar-refractivity contribution < 1.29 is 21.6 Å². The highest BCUT2D eigenvalue weighted by Gasteiger charge is 2.14. The van der Waals surface area contributed by atoms with E-state index in [-0.39, 0.29) is 28.4 Å². The SMILES string of the molecule is Cc1ccc(S(=O)(=O)NCCNC(=O)c2cccc(S(C)(=O)=O)c2)cc1. The Bertz CT molecular complexity index is 998. The molecule has 0 saturated carbocycles. The minimum Gasteiger partial charge on any atom is -0.351 e. The van der Waals surface area contributed by atoms with Crippen LogP contribution >= 0.6 is 0 Å². The molecule has 0 atom stereocenters. The fourth-order valence-corrected chi connectivity index (χ4v) is 3.83. The summed E-state index contributed by atoms with van der Waals surface area (Å²) >= 11 is 0. The predicted octanol–water partition coefficient (Wildman–Crippen LogP) is 1.11. The van der Waals surface area contributed by atoms with E-state index in [1.165, 1.54) is 36.4 Å². The molecule has 0 aliphatic carbocycles. The quantitative estimate of drug-likeness (QED) is 0.681. The van der Waals surface area contributed by atoms with Crippen molar-refractivity contribution in [2.45, 2.75) is 16.7 Å². The van der Waals surface area contributed by atoms with Crippen LogP contribution in [0.1, 0.15) is 15.9 Å². The first kappa shape index (κ1) is 20.1. The Balaban J connectivity index is 1.92. The summed E-state index contributed by atoms with van der Waals surface area (Å²) in [5.74, 6) is -0.481. The third-order valence-electron chi connectivity index (χ3n) is 3.56. The lowest BCUT2D eigenvalue weighted by Gasteiger charge is -2.09. The maximum atomic E-state index is 12.1. The number of benzene rings is 2. The van der Waals surface area contributed by atoms with E-state index in [0.29, 0.717) is 0 Å². The van der Waals surface area contributed by atoms with Crippen molar-refractivity contribution in [2.24, 2.45) is 0 Å². The number of carbonyl (C=O) groups excluding carboxylic acids is 1. The van der Waals surface area contributed by atoms with Crippen molar-refractivity contribution >= 4 is 25.8 Å². The number of sulfone groups is 1. The molecule has 1 amide bonds. The van der Waals surface area contributed by atoms with Crippen LogP contribution in [0.25, 0.3) is 0 Å². The van der Waals surface area contributed by atoms with Crippen molar-refractivity contribution in [2.75, 3.05) is 19.3 Å². The van der Waals surface area contributed by atoms with E-state index in [2.05, 4.69) is 10.0 Å². The van der Waals surface area contributed by atoms with Crippen LogP contribution in [0.4, 0.5) is 0 Å². The molecule has 0 saturated heterocycles. The number of hydrogen-bond donors (Lipinski definition) is 2. The average Bonchev–Trinajstić information content (AvgIpc) is 2.58. The van der Waals surface area contributed by atoms with Gasteiger partial charge < -0.3 is 5.32 Å². The zero-order chi connectivity index (χ0) is 19.4. The Morgan fingerprint density at radius 2 is 1.58 bits per heavy atom. The van der Waals surface area contributed by atoms with Crippen molar-refractivity contribution in [1.82, 2.24) is 10.0 Å². The van der Waals surface area contributed by atoms with Gasteiger partial charge in [0, 0.05) is 24.9 Å². The Hall–Kier alpha value is -2.23. The lowest BCUT2D eigenvalue weighted by molar-refractivity contribution is 0.0954. The number of carbonyl (C=O) groups is 1. The van der Waals surface area contributed by atoms with Gasteiger partial charge in [-0.25, -0.2) is 21.6 Å². The van der Waals surface area contributed by atoms with Gasteiger partial charge in [-0.3, -0.25) is 4.79 Å². The molecule has 2 aromatic carbocycles. The van der Waals surface area contributed by atoms with E-state index in [1.807, 2.05) is 6.92 Å². The van der Waals surface area contributed by atoms with Gasteiger partial charge in [-0.05, 0) is 37.3 Å². The Kier molecular flexibility index (Phi) is 6.17. The maximum absolute atomic E-state index is 12.1. The van der Waals surface area contributed by atoms with Crippen molar-refractivity contribution in [3.8, 4) is 0 Å². The van der Waals surface area contributed by atoms with Gasteiger partial charge in [0.1, 0.15) is 0 Å². The number of rotatable bonds is 7. The first-order valence-corrected chi connectivity index (χ1v) is 11.1. The number of sulfonamides is 1. The lowest BCUT2D eigenvalue weighted by atomic mass is 10.2.